The maximum absolute atomic E-state index is 2.39. The van der Waals surface area contributed by atoms with Gasteiger partial charge in [-0.05, 0) is 30.8 Å². The minimum Gasteiger partial charge on any atom is -0.151 e. The smallest absolute Gasteiger partial charge is 0.0186 e. The standard InChI is InChI=1S/C14H24S.C2H6/c1-12(2)10-14(3,4)15-11-13-8-6-5-7-9-13;1-2/h6,8-9,12H,5,7,10-11H2,1-4H3;1-2H3. The van der Waals surface area contributed by atoms with Gasteiger partial charge in [-0.1, -0.05) is 59.8 Å². The summed E-state index contributed by atoms with van der Waals surface area (Å²) in [6, 6.07) is 0. The van der Waals surface area contributed by atoms with Crippen LogP contribution < -0.4 is 0 Å². The van der Waals surface area contributed by atoms with Gasteiger partial charge in [0.1, 0.15) is 0 Å². The third-order valence-corrected chi connectivity index (χ3v) is 4.03. The Hall–Kier alpha value is -0.170. The summed E-state index contributed by atoms with van der Waals surface area (Å²) in [6.07, 6.45) is 10.7. The molecule has 1 aliphatic rings. The molecule has 0 spiro atoms. The van der Waals surface area contributed by atoms with Gasteiger partial charge in [0.05, 0.1) is 0 Å². The molecule has 1 heteroatoms. The zero-order valence-corrected chi connectivity index (χ0v) is 13.4. The Morgan fingerprint density at radius 3 is 2.35 bits per heavy atom. The molecule has 0 aromatic heterocycles. The number of hydrogen-bond donors (Lipinski definition) is 0. The van der Waals surface area contributed by atoms with E-state index in [-0.39, 0.29) is 0 Å². The second kappa shape index (κ2) is 8.85. The van der Waals surface area contributed by atoms with Crippen LogP contribution in [0.5, 0.6) is 0 Å². The van der Waals surface area contributed by atoms with Crippen molar-refractivity contribution in [3.63, 3.8) is 0 Å². The van der Waals surface area contributed by atoms with E-state index in [0.717, 1.165) is 5.92 Å². The molecule has 0 fully saturated rings. The normalized spacial score (nSPS) is 15.4. The second-order valence-electron chi connectivity index (χ2n) is 5.41. The van der Waals surface area contributed by atoms with Gasteiger partial charge in [0.25, 0.3) is 0 Å². The highest BCUT2D eigenvalue weighted by Crippen LogP contribution is 2.33. The van der Waals surface area contributed by atoms with Crippen LogP contribution in [0.2, 0.25) is 0 Å². The van der Waals surface area contributed by atoms with Crippen LogP contribution in [0.25, 0.3) is 0 Å². The maximum Gasteiger partial charge on any atom is 0.0186 e. The first-order valence-corrected chi connectivity index (χ1v) is 7.98. The molecule has 1 aliphatic carbocycles. The van der Waals surface area contributed by atoms with Crippen LogP contribution in [0.15, 0.2) is 23.8 Å². The van der Waals surface area contributed by atoms with E-state index in [2.05, 4.69) is 57.7 Å². The fraction of sp³-hybridized carbons (Fsp3) is 0.750. The molecule has 0 aromatic carbocycles. The van der Waals surface area contributed by atoms with Crippen LogP contribution in [0, 0.1) is 5.92 Å². The summed E-state index contributed by atoms with van der Waals surface area (Å²) in [5.74, 6) is 1.97. The number of thioether (sulfide) groups is 1. The maximum atomic E-state index is 2.39. The predicted octanol–water partition coefficient (Wildman–Crippen LogP) is 5.85. The molecule has 100 valence electrons. The first kappa shape index (κ1) is 16.8. The lowest BCUT2D eigenvalue weighted by molar-refractivity contribution is 0.503. The van der Waals surface area contributed by atoms with E-state index < -0.39 is 0 Å². The number of rotatable bonds is 5. The summed E-state index contributed by atoms with van der Waals surface area (Å²) >= 11 is 2.09. The van der Waals surface area contributed by atoms with E-state index in [0.29, 0.717) is 4.75 Å². The van der Waals surface area contributed by atoms with E-state index in [9.17, 15) is 0 Å². The number of allylic oxidation sites excluding steroid dienone is 3. The van der Waals surface area contributed by atoms with Gasteiger partial charge in [-0.15, -0.1) is 0 Å². The summed E-state index contributed by atoms with van der Waals surface area (Å²) in [5, 5.41) is 0. The third kappa shape index (κ3) is 8.54. The summed E-state index contributed by atoms with van der Waals surface area (Å²) in [7, 11) is 0. The Kier molecular flexibility index (Phi) is 8.77. The fourth-order valence-electron chi connectivity index (χ4n) is 2.10. The van der Waals surface area contributed by atoms with Gasteiger partial charge in [-0.25, -0.2) is 0 Å². The molecule has 0 radical (unpaired) electrons. The Balaban J connectivity index is 0.00000121. The van der Waals surface area contributed by atoms with E-state index in [1.165, 1.54) is 30.6 Å². The van der Waals surface area contributed by atoms with Gasteiger partial charge in [-0.2, -0.15) is 11.8 Å². The summed E-state index contributed by atoms with van der Waals surface area (Å²) < 4.78 is 0.417. The monoisotopic (exact) mass is 254 g/mol. The minimum atomic E-state index is 0.417. The van der Waals surface area contributed by atoms with Crippen molar-refractivity contribution in [2.45, 2.75) is 65.6 Å². The van der Waals surface area contributed by atoms with Crippen molar-refractivity contribution < 1.29 is 0 Å². The van der Waals surface area contributed by atoms with Gasteiger partial charge in [0, 0.05) is 10.5 Å². The van der Waals surface area contributed by atoms with Gasteiger partial charge in [0.15, 0.2) is 0 Å². The second-order valence-corrected chi connectivity index (χ2v) is 7.09. The molecule has 0 aromatic rings. The molecule has 0 saturated carbocycles. The molecule has 0 nitrogen and oxygen atoms in total. The van der Waals surface area contributed by atoms with Gasteiger partial charge in [-0.3, -0.25) is 0 Å². The van der Waals surface area contributed by atoms with Gasteiger partial charge >= 0.3 is 0 Å². The largest absolute Gasteiger partial charge is 0.151 e. The minimum absolute atomic E-state index is 0.417. The molecule has 0 aliphatic heterocycles. The molecule has 1 rings (SSSR count). The highest BCUT2D eigenvalue weighted by molar-refractivity contribution is 8.00. The Labute approximate surface area is 113 Å². The topological polar surface area (TPSA) is 0 Å². The number of hydrogen-bond acceptors (Lipinski definition) is 1. The third-order valence-electron chi connectivity index (χ3n) is 2.60. The Bertz CT molecular complexity index is 246. The molecule has 0 N–H and O–H groups in total. The van der Waals surface area contributed by atoms with Crippen LogP contribution in [-0.4, -0.2) is 10.5 Å². The zero-order chi connectivity index (χ0) is 13.3. The van der Waals surface area contributed by atoms with E-state index in [1.54, 1.807) is 0 Å². The van der Waals surface area contributed by atoms with E-state index >= 15 is 0 Å². The van der Waals surface area contributed by atoms with Crippen molar-refractivity contribution in [1.82, 2.24) is 0 Å². The van der Waals surface area contributed by atoms with Crippen molar-refractivity contribution in [3.8, 4) is 0 Å². The highest BCUT2D eigenvalue weighted by atomic mass is 32.2. The van der Waals surface area contributed by atoms with Crippen LogP contribution in [0.3, 0.4) is 0 Å². The first-order valence-electron chi connectivity index (χ1n) is 6.99. The van der Waals surface area contributed by atoms with Crippen LogP contribution in [0.4, 0.5) is 0 Å². The molecule has 0 heterocycles. The Morgan fingerprint density at radius 2 is 1.88 bits per heavy atom. The average Bonchev–Trinajstić information content (AvgIpc) is 2.29. The highest BCUT2D eigenvalue weighted by Gasteiger charge is 2.19. The van der Waals surface area contributed by atoms with E-state index in [1.807, 2.05) is 13.8 Å². The molecule has 17 heavy (non-hydrogen) atoms. The van der Waals surface area contributed by atoms with Gasteiger partial charge < -0.3 is 0 Å². The fourth-order valence-corrected chi connectivity index (χ4v) is 3.32. The van der Waals surface area contributed by atoms with Crippen molar-refractivity contribution in [2.24, 2.45) is 5.92 Å². The SMILES string of the molecule is CC.CC(C)CC(C)(C)SCC1=CCCC=C1. The lowest BCUT2D eigenvalue weighted by atomic mass is 10.00. The molecular weight excluding hydrogens is 224 g/mol. The first-order chi connectivity index (χ1) is 7.99. The van der Waals surface area contributed by atoms with Gasteiger partial charge in [0.2, 0.25) is 0 Å². The lowest BCUT2D eigenvalue weighted by Crippen LogP contribution is -2.18. The van der Waals surface area contributed by atoms with Crippen molar-refractivity contribution in [3.05, 3.63) is 23.8 Å². The Morgan fingerprint density at radius 1 is 1.24 bits per heavy atom. The molecule has 0 saturated heterocycles. The van der Waals surface area contributed by atoms with Crippen molar-refractivity contribution in [1.29, 1.82) is 0 Å². The van der Waals surface area contributed by atoms with Crippen LogP contribution >= 0.6 is 11.8 Å². The summed E-state index contributed by atoms with van der Waals surface area (Å²) in [4.78, 5) is 0. The van der Waals surface area contributed by atoms with Crippen molar-refractivity contribution in [2.75, 3.05) is 5.75 Å². The molecular formula is C16H30S. The van der Waals surface area contributed by atoms with E-state index in [4.69, 9.17) is 0 Å². The molecule has 0 unspecified atom stereocenters. The van der Waals surface area contributed by atoms with Crippen molar-refractivity contribution >= 4 is 11.8 Å². The molecule has 0 amide bonds. The molecule has 0 atom stereocenters. The van der Waals surface area contributed by atoms with Crippen LogP contribution in [-0.2, 0) is 0 Å². The quantitative estimate of drug-likeness (QED) is 0.593. The molecule has 0 bridgehead atoms. The predicted molar refractivity (Wildman–Crippen MR) is 83.8 cm³/mol. The van der Waals surface area contributed by atoms with Crippen LogP contribution in [0.1, 0.15) is 60.8 Å². The lowest BCUT2D eigenvalue weighted by Gasteiger charge is -2.26. The summed E-state index contributed by atoms with van der Waals surface area (Å²) in [5.41, 5.74) is 1.52. The average molecular weight is 254 g/mol. The summed E-state index contributed by atoms with van der Waals surface area (Å²) in [6.45, 7) is 13.3. The zero-order valence-electron chi connectivity index (χ0n) is 12.5.